The van der Waals surface area contributed by atoms with Crippen LogP contribution in [0.5, 0.6) is 0 Å². The van der Waals surface area contributed by atoms with Crippen LogP contribution in [0.25, 0.3) is 11.1 Å². The van der Waals surface area contributed by atoms with Crippen LogP contribution >= 0.6 is 0 Å². The van der Waals surface area contributed by atoms with E-state index < -0.39 is 18.0 Å². The smallest absolute Gasteiger partial charge is 0.407 e. The minimum Gasteiger partial charge on any atom is -0.481 e. The van der Waals surface area contributed by atoms with Gasteiger partial charge in [-0.05, 0) is 47.4 Å². The van der Waals surface area contributed by atoms with Gasteiger partial charge in [0.2, 0.25) is 5.91 Å². The molecule has 1 unspecified atom stereocenters. The zero-order chi connectivity index (χ0) is 23.4. The molecule has 2 aromatic carbocycles. The third kappa shape index (κ3) is 5.18. The molecule has 1 fully saturated rings. The highest BCUT2D eigenvalue weighted by molar-refractivity contribution is 5.79. The Kier molecular flexibility index (Phi) is 6.96. The number of ether oxygens (including phenoxy) is 1. The molecular formula is C26H30N2O5. The molecule has 7 heteroatoms. The topological polar surface area (TPSA) is 105 Å². The molecule has 2 aliphatic rings. The van der Waals surface area contributed by atoms with Crippen LogP contribution in [0.15, 0.2) is 48.5 Å². The normalized spacial score (nSPS) is 19.5. The molecule has 2 aliphatic carbocycles. The minimum atomic E-state index is -0.895. The van der Waals surface area contributed by atoms with Crippen molar-refractivity contribution in [3.63, 3.8) is 0 Å². The van der Waals surface area contributed by atoms with Crippen molar-refractivity contribution in [3.05, 3.63) is 59.7 Å². The fraction of sp³-hybridized carbons (Fsp3) is 0.423. The number of carboxylic acids is 1. The van der Waals surface area contributed by atoms with E-state index in [9.17, 15) is 14.4 Å². The molecule has 0 radical (unpaired) electrons. The summed E-state index contributed by atoms with van der Waals surface area (Å²) >= 11 is 0. The quantitative estimate of drug-likeness (QED) is 0.537. The van der Waals surface area contributed by atoms with Gasteiger partial charge in [-0.3, -0.25) is 9.59 Å². The standard InChI is InChI=1S/C26H30N2O5/c1-2-17(25(30)31)14-27-24(29)13-16-11-18(12-16)28-26(32)33-15-23-21-9-5-3-7-19(21)20-8-4-6-10-22(20)23/h3-10,16-18,23H,2,11-15H2,1H3,(H,27,29)(H,28,32)(H,30,31). The Labute approximate surface area is 193 Å². The second-order valence-electron chi connectivity index (χ2n) is 8.96. The summed E-state index contributed by atoms with van der Waals surface area (Å²) in [5.41, 5.74) is 4.73. The first-order valence-corrected chi connectivity index (χ1v) is 11.6. The van der Waals surface area contributed by atoms with Gasteiger partial charge in [-0.25, -0.2) is 4.79 Å². The molecule has 2 aromatic rings. The predicted molar refractivity (Wildman–Crippen MR) is 124 cm³/mol. The van der Waals surface area contributed by atoms with Crippen LogP contribution in [-0.2, 0) is 14.3 Å². The van der Waals surface area contributed by atoms with Gasteiger partial charge < -0.3 is 20.5 Å². The SMILES string of the molecule is CCC(CNC(=O)CC1CC(NC(=O)OCC2c3ccccc3-c3ccccc32)C1)C(=O)O. The van der Waals surface area contributed by atoms with E-state index in [1.807, 2.05) is 24.3 Å². The van der Waals surface area contributed by atoms with E-state index in [-0.39, 0.29) is 36.9 Å². The van der Waals surface area contributed by atoms with E-state index in [1.54, 1.807) is 6.92 Å². The number of benzene rings is 2. The number of amides is 2. The molecule has 174 valence electrons. The van der Waals surface area contributed by atoms with Crippen molar-refractivity contribution in [2.75, 3.05) is 13.2 Å². The summed E-state index contributed by atoms with van der Waals surface area (Å²) in [6.45, 7) is 2.22. The lowest BCUT2D eigenvalue weighted by Gasteiger charge is -2.35. The van der Waals surface area contributed by atoms with Crippen LogP contribution in [0.4, 0.5) is 4.79 Å². The summed E-state index contributed by atoms with van der Waals surface area (Å²) in [6, 6.07) is 16.4. The molecule has 7 nitrogen and oxygen atoms in total. The summed E-state index contributed by atoms with van der Waals surface area (Å²) in [6.07, 6.45) is 1.82. The first-order chi connectivity index (χ1) is 16.0. The highest BCUT2D eigenvalue weighted by Crippen LogP contribution is 2.44. The van der Waals surface area contributed by atoms with Crippen LogP contribution in [0.3, 0.4) is 0 Å². The van der Waals surface area contributed by atoms with Crippen LogP contribution < -0.4 is 10.6 Å². The van der Waals surface area contributed by atoms with Crippen molar-refractivity contribution in [3.8, 4) is 11.1 Å². The molecule has 2 amide bonds. The van der Waals surface area contributed by atoms with Crippen LogP contribution in [0.2, 0.25) is 0 Å². The largest absolute Gasteiger partial charge is 0.481 e. The lowest BCUT2D eigenvalue weighted by molar-refractivity contribution is -0.141. The molecule has 0 heterocycles. The van der Waals surface area contributed by atoms with Gasteiger partial charge in [0.1, 0.15) is 6.61 Å². The molecule has 1 atom stereocenters. The average Bonchev–Trinajstić information content (AvgIpc) is 3.10. The Balaban J connectivity index is 1.19. The highest BCUT2D eigenvalue weighted by Gasteiger charge is 2.33. The van der Waals surface area contributed by atoms with E-state index in [2.05, 4.69) is 34.9 Å². The molecular weight excluding hydrogens is 420 g/mol. The van der Waals surface area contributed by atoms with E-state index in [0.717, 1.165) is 0 Å². The number of carbonyl (C=O) groups excluding carboxylic acids is 2. The van der Waals surface area contributed by atoms with Crippen molar-refractivity contribution < 1.29 is 24.2 Å². The van der Waals surface area contributed by atoms with E-state index in [1.165, 1.54) is 22.3 Å². The fourth-order valence-corrected chi connectivity index (χ4v) is 4.80. The lowest BCUT2D eigenvalue weighted by Crippen LogP contribution is -2.46. The first-order valence-electron chi connectivity index (χ1n) is 11.6. The summed E-state index contributed by atoms with van der Waals surface area (Å²) in [5, 5.41) is 14.7. The average molecular weight is 451 g/mol. The second kappa shape index (κ2) is 10.1. The summed E-state index contributed by atoms with van der Waals surface area (Å²) in [4.78, 5) is 35.4. The number of nitrogens with one attached hydrogen (secondary N) is 2. The number of carboxylic acid groups (broad SMARTS) is 1. The maximum Gasteiger partial charge on any atom is 0.407 e. The Hall–Kier alpha value is -3.35. The van der Waals surface area contributed by atoms with Gasteiger partial charge >= 0.3 is 12.1 Å². The van der Waals surface area contributed by atoms with Crippen molar-refractivity contribution in [2.24, 2.45) is 11.8 Å². The maximum atomic E-state index is 12.4. The highest BCUT2D eigenvalue weighted by atomic mass is 16.5. The zero-order valence-electron chi connectivity index (χ0n) is 18.8. The molecule has 0 saturated heterocycles. The first kappa shape index (κ1) is 22.8. The summed E-state index contributed by atoms with van der Waals surface area (Å²) < 4.78 is 5.58. The van der Waals surface area contributed by atoms with Crippen LogP contribution in [0, 0.1) is 11.8 Å². The number of fused-ring (bicyclic) bond motifs is 3. The minimum absolute atomic E-state index is 0.000797. The van der Waals surface area contributed by atoms with Gasteiger partial charge in [-0.1, -0.05) is 55.5 Å². The van der Waals surface area contributed by atoms with Crippen molar-refractivity contribution in [2.45, 2.75) is 44.6 Å². The third-order valence-electron chi connectivity index (χ3n) is 6.76. The Morgan fingerprint density at radius 2 is 1.64 bits per heavy atom. The number of carbonyl (C=O) groups is 3. The summed E-state index contributed by atoms with van der Waals surface area (Å²) in [7, 11) is 0. The Morgan fingerprint density at radius 1 is 1.03 bits per heavy atom. The van der Waals surface area contributed by atoms with Crippen LogP contribution in [-0.4, -0.2) is 42.3 Å². The molecule has 1 saturated carbocycles. The van der Waals surface area contributed by atoms with Gasteiger partial charge in [0.05, 0.1) is 5.92 Å². The number of alkyl carbamates (subject to hydrolysis) is 1. The van der Waals surface area contributed by atoms with Gasteiger partial charge in [0.25, 0.3) is 0 Å². The number of aliphatic carboxylic acids is 1. The maximum absolute atomic E-state index is 12.4. The van der Waals surface area contributed by atoms with Crippen molar-refractivity contribution >= 4 is 18.0 Å². The van der Waals surface area contributed by atoms with Crippen LogP contribution in [0.1, 0.15) is 49.7 Å². The Bertz CT molecular complexity index is 985. The molecule has 0 spiro atoms. The van der Waals surface area contributed by atoms with E-state index in [0.29, 0.717) is 25.7 Å². The van der Waals surface area contributed by atoms with Crippen molar-refractivity contribution in [1.82, 2.24) is 10.6 Å². The molecule has 4 rings (SSSR count). The summed E-state index contributed by atoms with van der Waals surface area (Å²) in [5.74, 6) is -1.38. The molecule has 3 N–H and O–H groups in total. The number of hydrogen-bond donors (Lipinski definition) is 3. The Morgan fingerprint density at radius 3 is 2.21 bits per heavy atom. The third-order valence-corrected chi connectivity index (χ3v) is 6.76. The number of hydrogen-bond acceptors (Lipinski definition) is 4. The van der Waals surface area contributed by atoms with Crippen molar-refractivity contribution in [1.29, 1.82) is 0 Å². The predicted octanol–water partition coefficient (Wildman–Crippen LogP) is 3.92. The molecule has 33 heavy (non-hydrogen) atoms. The molecule has 0 aliphatic heterocycles. The van der Waals surface area contributed by atoms with Gasteiger partial charge in [-0.2, -0.15) is 0 Å². The van der Waals surface area contributed by atoms with E-state index in [4.69, 9.17) is 9.84 Å². The fourth-order valence-electron chi connectivity index (χ4n) is 4.80. The van der Waals surface area contributed by atoms with Gasteiger partial charge in [0.15, 0.2) is 0 Å². The lowest BCUT2D eigenvalue weighted by atomic mass is 9.78. The van der Waals surface area contributed by atoms with Gasteiger partial charge in [0, 0.05) is 24.9 Å². The molecule has 0 aromatic heterocycles. The monoisotopic (exact) mass is 450 g/mol. The zero-order valence-corrected chi connectivity index (χ0v) is 18.8. The second-order valence-corrected chi connectivity index (χ2v) is 8.96. The van der Waals surface area contributed by atoms with Gasteiger partial charge in [-0.15, -0.1) is 0 Å². The number of rotatable bonds is 9. The van der Waals surface area contributed by atoms with E-state index >= 15 is 0 Å². The molecule has 0 bridgehead atoms.